The molecule has 1 N–H and O–H groups in total. The summed E-state index contributed by atoms with van der Waals surface area (Å²) >= 11 is 5.69. The molecule has 1 aliphatic rings. The van der Waals surface area contributed by atoms with Gasteiger partial charge in [-0.15, -0.1) is 0 Å². The van der Waals surface area contributed by atoms with E-state index in [1.165, 1.54) is 6.20 Å². The molecule has 0 bridgehead atoms. The molecule has 2 rings (SSSR count). The maximum absolute atomic E-state index is 12.2. The van der Waals surface area contributed by atoms with Gasteiger partial charge in [0.1, 0.15) is 10.7 Å². The maximum atomic E-state index is 12.2. The average molecular weight is 278 g/mol. The van der Waals surface area contributed by atoms with E-state index in [-0.39, 0.29) is 5.91 Å². The predicted octanol–water partition coefficient (Wildman–Crippen LogP) is 3.08. The number of halogens is 1. The van der Waals surface area contributed by atoms with Crippen LogP contribution in [0.3, 0.4) is 0 Å². The molecule has 1 aliphatic carbocycles. The summed E-state index contributed by atoms with van der Waals surface area (Å²) in [6.07, 6.45) is 7.08. The van der Waals surface area contributed by atoms with Crippen LogP contribution >= 0.6 is 11.6 Å². The smallest absolute Gasteiger partial charge is 0.254 e. The fourth-order valence-corrected chi connectivity index (χ4v) is 2.51. The minimum absolute atomic E-state index is 0.257. The van der Waals surface area contributed by atoms with E-state index in [9.17, 15) is 10.1 Å². The number of nitriles is 1. The highest BCUT2D eigenvalue weighted by Gasteiger charge is 2.32. The van der Waals surface area contributed by atoms with Gasteiger partial charge in [0.15, 0.2) is 0 Å². The normalized spacial score (nSPS) is 18.1. The van der Waals surface area contributed by atoms with E-state index in [2.05, 4.69) is 16.4 Å². The molecule has 5 heteroatoms. The number of pyridine rings is 1. The number of rotatable bonds is 2. The molecule has 1 aromatic rings. The lowest BCUT2D eigenvalue weighted by atomic mass is 9.91. The summed E-state index contributed by atoms with van der Waals surface area (Å²) in [5, 5.41) is 12.6. The molecular formula is C14H16ClN3O. The second-order valence-electron chi connectivity index (χ2n) is 4.93. The van der Waals surface area contributed by atoms with E-state index in [0.717, 1.165) is 38.5 Å². The van der Waals surface area contributed by atoms with Crippen molar-refractivity contribution >= 4 is 17.5 Å². The first-order valence-electron chi connectivity index (χ1n) is 6.50. The molecule has 0 spiro atoms. The molecule has 0 saturated heterocycles. The first-order chi connectivity index (χ1) is 9.15. The molecule has 0 unspecified atom stereocenters. The minimum atomic E-state index is -0.729. The Morgan fingerprint density at radius 3 is 2.53 bits per heavy atom. The van der Waals surface area contributed by atoms with E-state index in [1.807, 2.05) is 0 Å². The van der Waals surface area contributed by atoms with E-state index in [4.69, 9.17) is 11.6 Å². The topological polar surface area (TPSA) is 65.8 Å². The standard InChI is InChI=1S/C14H16ClN3O/c15-12-6-5-11(9-17-12)13(19)18-14(10-16)7-3-1-2-4-8-14/h5-6,9H,1-4,7-8H2,(H,18,19). The zero-order chi connectivity index (χ0) is 13.7. The molecule has 1 saturated carbocycles. The minimum Gasteiger partial charge on any atom is -0.334 e. The van der Waals surface area contributed by atoms with Gasteiger partial charge in [0.05, 0.1) is 11.6 Å². The molecule has 19 heavy (non-hydrogen) atoms. The van der Waals surface area contributed by atoms with Gasteiger partial charge < -0.3 is 5.32 Å². The van der Waals surface area contributed by atoms with Crippen LogP contribution in [0.5, 0.6) is 0 Å². The molecule has 100 valence electrons. The first-order valence-corrected chi connectivity index (χ1v) is 6.88. The van der Waals surface area contributed by atoms with Crippen LogP contribution in [0.25, 0.3) is 0 Å². The molecule has 0 aromatic carbocycles. The van der Waals surface area contributed by atoms with Crippen molar-refractivity contribution in [1.29, 1.82) is 5.26 Å². The van der Waals surface area contributed by atoms with Gasteiger partial charge in [0, 0.05) is 6.20 Å². The van der Waals surface area contributed by atoms with Gasteiger partial charge in [-0.25, -0.2) is 4.98 Å². The summed E-state index contributed by atoms with van der Waals surface area (Å²) in [4.78, 5) is 16.0. The zero-order valence-corrected chi connectivity index (χ0v) is 11.4. The number of amides is 1. The third-order valence-corrected chi connectivity index (χ3v) is 3.74. The van der Waals surface area contributed by atoms with Gasteiger partial charge >= 0.3 is 0 Å². The molecule has 1 amide bonds. The van der Waals surface area contributed by atoms with Crippen molar-refractivity contribution in [2.24, 2.45) is 0 Å². The maximum Gasteiger partial charge on any atom is 0.254 e. The number of aromatic nitrogens is 1. The molecule has 1 aromatic heterocycles. The summed E-state index contributed by atoms with van der Waals surface area (Å²) in [6, 6.07) is 5.48. The van der Waals surface area contributed by atoms with Crippen molar-refractivity contribution in [2.75, 3.05) is 0 Å². The second-order valence-corrected chi connectivity index (χ2v) is 5.32. The first kappa shape index (κ1) is 13.8. The number of carbonyl (C=O) groups excluding carboxylic acids is 1. The van der Waals surface area contributed by atoms with E-state index >= 15 is 0 Å². The van der Waals surface area contributed by atoms with Crippen molar-refractivity contribution in [3.05, 3.63) is 29.0 Å². The van der Waals surface area contributed by atoms with Crippen LogP contribution in [0.1, 0.15) is 48.9 Å². The lowest BCUT2D eigenvalue weighted by molar-refractivity contribution is 0.0912. The molecule has 0 radical (unpaired) electrons. The van der Waals surface area contributed by atoms with Gasteiger partial charge in [-0.3, -0.25) is 4.79 Å². The predicted molar refractivity (Wildman–Crippen MR) is 72.8 cm³/mol. The Hall–Kier alpha value is -1.60. The number of nitrogens with zero attached hydrogens (tertiary/aromatic N) is 2. The fourth-order valence-electron chi connectivity index (χ4n) is 2.40. The van der Waals surface area contributed by atoms with Crippen LogP contribution < -0.4 is 5.32 Å². The fraction of sp³-hybridized carbons (Fsp3) is 0.500. The average Bonchev–Trinajstić information content (AvgIpc) is 2.65. The molecular weight excluding hydrogens is 262 g/mol. The Bertz CT molecular complexity index is 484. The van der Waals surface area contributed by atoms with Crippen LogP contribution in [0.15, 0.2) is 18.3 Å². The van der Waals surface area contributed by atoms with Crippen LogP contribution in [0.4, 0.5) is 0 Å². The Kier molecular flexibility index (Phi) is 4.39. The lowest BCUT2D eigenvalue weighted by Gasteiger charge is -2.26. The van der Waals surface area contributed by atoms with Gasteiger partial charge in [0.2, 0.25) is 0 Å². The largest absolute Gasteiger partial charge is 0.334 e. The number of nitrogens with one attached hydrogen (secondary N) is 1. The summed E-state index contributed by atoms with van der Waals surface area (Å²) < 4.78 is 0. The number of carbonyl (C=O) groups is 1. The van der Waals surface area contributed by atoms with Gasteiger partial charge in [-0.2, -0.15) is 5.26 Å². The molecule has 1 fully saturated rings. The quantitative estimate of drug-likeness (QED) is 0.667. The van der Waals surface area contributed by atoms with E-state index in [1.54, 1.807) is 12.1 Å². The highest BCUT2D eigenvalue weighted by molar-refractivity contribution is 6.29. The molecule has 4 nitrogen and oxygen atoms in total. The highest BCUT2D eigenvalue weighted by Crippen LogP contribution is 2.26. The van der Waals surface area contributed by atoms with Crippen LogP contribution in [0.2, 0.25) is 5.15 Å². The summed E-state index contributed by atoms with van der Waals surface area (Å²) in [6.45, 7) is 0. The van der Waals surface area contributed by atoms with E-state index < -0.39 is 5.54 Å². The Balaban J connectivity index is 2.11. The molecule has 1 heterocycles. The van der Waals surface area contributed by atoms with Crippen molar-refractivity contribution in [3.8, 4) is 6.07 Å². The van der Waals surface area contributed by atoms with Crippen molar-refractivity contribution < 1.29 is 4.79 Å². The monoisotopic (exact) mass is 277 g/mol. The summed E-state index contributed by atoms with van der Waals surface area (Å²) in [7, 11) is 0. The van der Waals surface area contributed by atoms with Crippen LogP contribution in [-0.4, -0.2) is 16.4 Å². The van der Waals surface area contributed by atoms with E-state index in [0.29, 0.717) is 10.7 Å². The molecule has 0 aliphatic heterocycles. The lowest BCUT2D eigenvalue weighted by Crippen LogP contribution is -2.47. The zero-order valence-electron chi connectivity index (χ0n) is 10.7. The number of hydrogen-bond acceptors (Lipinski definition) is 3. The summed E-state index contributed by atoms with van der Waals surface area (Å²) in [5.74, 6) is -0.257. The van der Waals surface area contributed by atoms with Crippen LogP contribution in [-0.2, 0) is 0 Å². The van der Waals surface area contributed by atoms with Gasteiger partial charge in [-0.1, -0.05) is 37.3 Å². The molecule has 0 atom stereocenters. The Morgan fingerprint density at radius 1 is 1.32 bits per heavy atom. The summed E-state index contributed by atoms with van der Waals surface area (Å²) in [5.41, 5.74) is -0.295. The third-order valence-electron chi connectivity index (χ3n) is 3.51. The SMILES string of the molecule is N#CC1(NC(=O)c2ccc(Cl)nc2)CCCCCC1. The van der Waals surface area contributed by atoms with Crippen molar-refractivity contribution in [2.45, 2.75) is 44.1 Å². The van der Waals surface area contributed by atoms with Gasteiger partial charge in [0.25, 0.3) is 5.91 Å². The van der Waals surface area contributed by atoms with Crippen LogP contribution in [0, 0.1) is 11.3 Å². The Labute approximate surface area is 117 Å². The highest BCUT2D eigenvalue weighted by atomic mass is 35.5. The second kappa shape index (κ2) is 6.03. The van der Waals surface area contributed by atoms with Gasteiger partial charge in [-0.05, 0) is 25.0 Å². The van der Waals surface area contributed by atoms with Crippen molar-refractivity contribution in [3.63, 3.8) is 0 Å². The Morgan fingerprint density at radius 2 is 2.00 bits per heavy atom. The number of hydrogen-bond donors (Lipinski definition) is 1. The third kappa shape index (κ3) is 3.45. The van der Waals surface area contributed by atoms with Crippen molar-refractivity contribution in [1.82, 2.24) is 10.3 Å².